The number of carbonyl (C=O) groups excluding carboxylic acids is 6. The molecule has 11 aromatic carbocycles. The van der Waals surface area contributed by atoms with E-state index >= 15 is 4.57 Å². The normalized spacial score (nSPS) is 16.4. The topological polar surface area (TPSA) is 237 Å². The van der Waals surface area contributed by atoms with Crippen molar-refractivity contribution in [2.24, 2.45) is 0 Å². The standard InChI is InChI=1S/C47H32O11P2.C29H21O7P/c1-29(48)54-32-23-25-41(45(27-32)60(52)43-21-10-6-17-37(43)35-15-4-8-19-39(35)58-60)56-47(50)31-13-11-12-30(26-31)46(49)55-33-22-24-40(53-2)44(28-33)59(51)42-20-9-5-16-36(42)34-14-3-7-18-38(34)57-59;1-18(30)20-8-7-9-21(16-20)29(32)35-22-14-15-26(34-19(2)31)28(17-22)37(33)27-13-6-4-11-24(27)23-10-3-5-12-25(23)36-37/h3-28H,1-2H3;3-17H,1-2H3. The third-order valence-electron chi connectivity index (χ3n) is 15.8. The van der Waals surface area contributed by atoms with Crippen molar-refractivity contribution in [2.75, 3.05) is 7.11 Å². The minimum absolute atomic E-state index is 0.000938. The molecule has 97 heavy (non-hydrogen) atoms. The Morgan fingerprint density at radius 2 is 0.598 bits per heavy atom. The van der Waals surface area contributed by atoms with Gasteiger partial charge in [-0.3, -0.25) is 28.1 Å². The molecule has 14 rings (SSSR count). The molecule has 18 nitrogen and oxygen atoms in total. The van der Waals surface area contributed by atoms with Crippen LogP contribution in [0, 0.1) is 0 Å². The van der Waals surface area contributed by atoms with Crippen LogP contribution in [0.25, 0.3) is 33.4 Å². The molecule has 0 radical (unpaired) electrons. The zero-order valence-electron chi connectivity index (χ0n) is 51.9. The number of methoxy groups -OCH3 is 1. The predicted molar refractivity (Wildman–Crippen MR) is 364 cm³/mol. The molecule has 3 atom stereocenters. The number of hydrogen-bond acceptors (Lipinski definition) is 18. The van der Waals surface area contributed by atoms with Gasteiger partial charge in [-0.25, -0.2) is 14.4 Å². The monoisotopic (exact) mass is 1350 g/mol. The van der Waals surface area contributed by atoms with Gasteiger partial charge in [0, 0.05) is 36.1 Å². The summed E-state index contributed by atoms with van der Waals surface area (Å²) in [6.07, 6.45) is 0. The lowest BCUT2D eigenvalue weighted by atomic mass is 10.0. The maximum atomic E-state index is 15.2. The first kappa shape index (κ1) is 64.1. The zero-order valence-corrected chi connectivity index (χ0v) is 54.5. The van der Waals surface area contributed by atoms with Gasteiger partial charge in [-0.05, 0) is 145 Å². The first-order valence-corrected chi connectivity index (χ1v) is 34.9. The molecule has 11 aromatic rings. The summed E-state index contributed by atoms with van der Waals surface area (Å²) in [5.74, 6) is -2.23. The van der Waals surface area contributed by atoms with Crippen molar-refractivity contribution in [1.82, 2.24) is 0 Å². The number of carbonyl (C=O) groups is 6. The van der Waals surface area contributed by atoms with Crippen LogP contribution in [0.5, 0.6) is 51.7 Å². The Morgan fingerprint density at radius 3 is 0.979 bits per heavy atom. The van der Waals surface area contributed by atoms with Crippen LogP contribution in [0.15, 0.2) is 249 Å². The van der Waals surface area contributed by atoms with Crippen LogP contribution in [0.3, 0.4) is 0 Å². The smallest absolute Gasteiger partial charge is 0.343 e. The van der Waals surface area contributed by atoms with Gasteiger partial charge < -0.3 is 42.0 Å². The summed E-state index contributed by atoms with van der Waals surface area (Å²) in [5.41, 5.74) is 4.97. The number of ether oxygens (including phenoxy) is 6. The lowest BCUT2D eigenvalue weighted by Crippen LogP contribution is -2.27. The Kier molecular flexibility index (Phi) is 17.3. The van der Waals surface area contributed by atoms with Gasteiger partial charge >= 0.3 is 52.0 Å². The molecule has 0 aromatic heterocycles. The molecule has 0 bridgehead atoms. The number of fused-ring (bicyclic) bond motifs is 9. The number of ketones is 1. The number of benzene rings is 11. The summed E-state index contributed by atoms with van der Waals surface area (Å²) in [4.78, 5) is 75.9. The number of rotatable bonds is 13. The van der Waals surface area contributed by atoms with Gasteiger partial charge in [0.05, 0.1) is 55.6 Å². The molecule has 0 spiro atoms. The van der Waals surface area contributed by atoms with Gasteiger partial charge in [-0.15, -0.1) is 0 Å². The molecular formula is C76H53O18P3. The highest BCUT2D eigenvalue weighted by Gasteiger charge is 2.44. The first-order chi connectivity index (χ1) is 46.8. The average Bonchev–Trinajstić information content (AvgIpc) is 0.746. The molecule has 0 saturated heterocycles. The molecule has 3 aliphatic rings. The average molecular weight is 1350 g/mol. The SMILES string of the molecule is CC(=O)Oc1ccc(OC(=O)c2cccc(C(C)=O)c2)cc1P1(=O)Oc2ccccc2-c2ccccc21.COc1ccc(OC(=O)c2cccc(C(=O)Oc3ccc(OC(C)=O)cc3P3(=O)Oc4ccccc4-c4ccccc43)c2)cc1P1(=O)Oc2ccccc2-c2ccccc21. The lowest BCUT2D eigenvalue weighted by Gasteiger charge is -2.29. The second-order valence-electron chi connectivity index (χ2n) is 22.1. The Bertz CT molecular complexity index is 5250. The maximum Gasteiger partial charge on any atom is 0.343 e. The summed E-state index contributed by atoms with van der Waals surface area (Å²) in [6.45, 7) is 3.87. The number of para-hydroxylation sites is 3. The van der Waals surface area contributed by atoms with E-state index in [9.17, 15) is 37.9 Å². The molecular weight excluding hydrogens is 1290 g/mol. The van der Waals surface area contributed by atoms with Crippen LogP contribution in [0.4, 0.5) is 0 Å². The molecule has 21 heteroatoms. The van der Waals surface area contributed by atoms with E-state index < -0.39 is 52.0 Å². The molecule has 0 aliphatic carbocycles. The summed E-state index contributed by atoms with van der Waals surface area (Å²) < 4.78 is 97.0. The van der Waals surface area contributed by atoms with E-state index in [4.69, 9.17) is 42.0 Å². The summed E-state index contributed by atoms with van der Waals surface area (Å²) in [5, 5.41) is 1.51. The Balaban J connectivity index is 0.000000196. The fourth-order valence-electron chi connectivity index (χ4n) is 11.4. The van der Waals surface area contributed by atoms with Crippen molar-refractivity contribution >= 4 is 89.6 Å². The van der Waals surface area contributed by atoms with Gasteiger partial charge in [-0.2, -0.15) is 0 Å². The van der Waals surface area contributed by atoms with E-state index in [-0.39, 0.29) is 72.9 Å². The quantitative estimate of drug-likeness (QED) is 0.0451. The van der Waals surface area contributed by atoms with Crippen molar-refractivity contribution in [3.05, 3.63) is 271 Å². The number of Topliss-reactive ketones (excluding diaryl/α,β-unsaturated/α-hetero) is 1. The van der Waals surface area contributed by atoms with Gasteiger partial charge in [-0.1, -0.05) is 127 Å². The van der Waals surface area contributed by atoms with Crippen molar-refractivity contribution in [1.29, 1.82) is 0 Å². The molecule has 0 fully saturated rings. The zero-order chi connectivity index (χ0) is 67.8. The fourth-order valence-corrected chi connectivity index (χ4v) is 18.7. The van der Waals surface area contributed by atoms with Crippen molar-refractivity contribution < 1.29 is 84.5 Å². The van der Waals surface area contributed by atoms with Gasteiger partial charge in [0.15, 0.2) is 5.78 Å². The third kappa shape index (κ3) is 12.4. The van der Waals surface area contributed by atoms with Crippen molar-refractivity contribution in [3.63, 3.8) is 0 Å². The molecule has 0 N–H and O–H groups in total. The fraction of sp³-hybridized carbons (Fsp3) is 0.0526. The number of esters is 5. The maximum absolute atomic E-state index is 15.2. The van der Waals surface area contributed by atoms with Crippen LogP contribution in [0.1, 0.15) is 62.2 Å². The minimum atomic E-state index is -4.05. The Labute approximate surface area is 555 Å². The summed E-state index contributed by atoms with van der Waals surface area (Å²) in [7, 11) is -10.3. The molecule has 3 heterocycles. The molecule has 480 valence electrons. The van der Waals surface area contributed by atoms with E-state index in [0.717, 1.165) is 27.8 Å². The predicted octanol–water partition coefficient (Wildman–Crippen LogP) is 14.0. The lowest BCUT2D eigenvalue weighted by molar-refractivity contribution is -0.132. The first-order valence-electron chi connectivity index (χ1n) is 30.0. The van der Waals surface area contributed by atoms with Crippen molar-refractivity contribution in [3.8, 4) is 85.1 Å². The Hall–Kier alpha value is -11.7. The van der Waals surface area contributed by atoms with Crippen LogP contribution in [0.2, 0.25) is 0 Å². The minimum Gasteiger partial charge on any atom is -0.496 e. The Morgan fingerprint density at radius 1 is 0.289 bits per heavy atom. The molecule has 0 amide bonds. The van der Waals surface area contributed by atoms with Gasteiger partial charge in [0.2, 0.25) is 0 Å². The van der Waals surface area contributed by atoms with E-state index in [1.54, 1.807) is 91.0 Å². The summed E-state index contributed by atoms with van der Waals surface area (Å²) >= 11 is 0. The van der Waals surface area contributed by atoms with Crippen LogP contribution >= 0.6 is 22.1 Å². The van der Waals surface area contributed by atoms with E-state index in [0.29, 0.717) is 44.3 Å². The van der Waals surface area contributed by atoms with E-state index in [1.165, 1.54) is 113 Å². The second-order valence-corrected chi connectivity index (χ2v) is 28.9. The van der Waals surface area contributed by atoms with E-state index in [2.05, 4.69) is 0 Å². The van der Waals surface area contributed by atoms with Crippen molar-refractivity contribution in [2.45, 2.75) is 20.8 Å². The molecule has 3 unspecified atom stereocenters. The van der Waals surface area contributed by atoms with E-state index in [1.807, 2.05) is 72.8 Å². The number of hydrogen-bond donors (Lipinski definition) is 0. The highest BCUT2D eigenvalue weighted by atomic mass is 31.2. The van der Waals surface area contributed by atoms with Crippen LogP contribution in [-0.4, -0.2) is 42.7 Å². The second kappa shape index (κ2) is 26.3. The highest BCUT2D eigenvalue weighted by Crippen LogP contribution is 2.58. The van der Waals surface area contributed by atoms with Gasteiger partial charge in [0.25, 0.3) is 0 Å². The summed E-state index contributed by atoms with van der Waals surface area (Å²) in [6, 6.07) is 67.8. The third-order valence-corrected chi connectivity index (χ3v) is 23.2. The largest absolute Gasteiger partial charge is 0.496 e. The molecule has 0 saturated carbocycles. The van der Waals surface area contributed by atoms with Crippen LogP contribution < -0.4 is 73.8 Å². The highest BCUT2D eigenvalue weighted by molar-refractivity contribution is 7.76. The molecule has 3 aliphatic heterocycles. The van der Waals surface area contributed by atoms with Gasteiger partial charge in [0.1, 0.15) is 51.7 Å². The van der Waals surface area contributed by atoms with Crippen LogP contribution in [-0.2, 0) is 23.3 Å².